The first-order chi connectivity index (χ1) is 8.08. The molecule has 0 spiro atoms. The van der Waals surface area contributed by atoms with Gasteiger partial charge in [-0.05, 0) is 33.8 Å². The van der Waals surface area contributed by atoms with Crippen LogP contribution in [0.5, 0.6) is 0 Å². The molecule has 4 nitrogen and oxygen atoms in total. The smallest absolute Gasteiger partial charge is 0.105 e. The van der Waals surface area contributed by atoms with E-state index in [1.165, 1.54) is 5.56 Å². The largest absolute Gasteiger partial charge is 0.466 e. The Morgan fingerprint density at radius 3 is 2.59 bits per heavy atom. The van der Waals surface area contributed by atoms with Crippen molar-refractivity contribution in [3.8, 4) is 0 Å². The molecular weight excluding hydrogens is 214 g/mol. The maximum Gasteiger partial charge on any atom is 0.105 e. The molecule has 2 heterocycles. The number of hydrogen-bond acceptors (Lipinski definition) is 3. The summed E-state index contributed by atoms with van der Waals surface area (Å²) in [5, 5.41) is 10.3. The third-order valence-corrected chi connectivity index (χ3v) is 3.07. The molecule has 0 aromatic carbocycles. The SMILES string of the molecule is Cc1cc(C(C)NC(C)c2cn[nH]c2)c(C)o1. The van der Waals surface area contributed by atoms with Crippen molar-refractivity contribution in [3.05, 3.63) is 41.1 Å². The Labute approximate surface area is 101 Å². The summed E-state index contributed by atoms with van der Waals surface area (Å²) in [7, 11) is 0. The van der Waals surface area contributed by atoms with Gasteiger partial charge in [0, 0.05) is 29.4 Å². The molecule has 2 atom stereocenters. The average Bonchev–Trinajstić information content (AvgIpc) is 2.87. The maximum atomic E-state index is 5.55. The number of nitrogens with zero attached hydrogens (tertiary/aromatic N) is 1. The van der Waals surface area contributed by atoms with Crippen LogP contribution in [0.15, 0.2) is 22.9 Å². The summed E-state index contributed by atoms with van der Waals surface area (Å²) >= 11 is 0. The molecule has 0 aliphatic rings. The van der Waals surface area contributed by atoms with Crippen LogP contribution in [0.4, 0.5) is 0 Å². The molecule has 2 unspecified atom stereocenters. The highest BCUT2D eigenvalue weighted by Gasteiger charge is 2.15. The van der Waals surface area contributed by atoms with E-state index in [1.54, 1.807) is 0 Å². The number of furan rings is 1. The van der Waals surface area contributed by atoms with Gasteiger partial charge >= 0.3 is 0 Å². The number of aromatic amines is 1. The van der Waals surface area contributed by atoms with E-state index >= 15 is 0 Å². The zero-order valence-corrected chi connectivity index (χ0v) is 10.7. The van der Waals surface area contributed by atoms with Crippen molar-refractivity contribution < 1.29 is 4.42 Å². The second-order valence-electron chi connectivity index (χ2n) is 4.51. The summed E-state index contributed by atoms with van der Waals surface area (Å²) < 4.78 is 5.55. The molecule has 92 valence electrons. The van der Waals surface area contributed by atoms with Crippen LogP contribution >= 0.6 is 0 Å². The van der Waals surface area contributed by atoms with Crippen LogP contribution in [0.1, 0.15) is 48.6 Å². The van der Waals surface area contributed by atoms with Crippen LogP contribution < -0.4 is 5.32 Å². The van der Waals surface area contributed by atoms with Crippen LogP contribution in [0, 0.1) is 13.8 Å². The van der Waals surface area contributed by atoms with Gasteiger partial charge in [-0.3, -0.25) is 5.10 Å². The highest BCUT2D eigenvalue weighted by molar-refractivity contribution is 5.24. The Morgan fingerprint density at radius 2 is 2.06 bits per heavy atom. The van der Waals surface area contributed by atoms with Crippen molar-refractivity contribution in [2.24, 2.45) is 0 Å². The Bertz CT molecular complexity index is 473. The van der Waals surface area contributed by atoms with Gasteiger partial charge in [0.25, 0.3) is 0 Å². The van der Waals surface area contributed by atoms with Crippen molar-refractivity contribution in [1.82, 2.24) is 15.5 Å². The quantitative estimate of drug-likeness (QED) is 0.853. The fraction of sp³-hybridized carbons (Fsp3) is 0.462. The summed E-state index contributed by atoms with van der Waals surface area (Å²) in [5.74, 6) is 1.95. The lowest BCUT2D eigenvalue weighted by Gasteiger charge is -2.18. The molecule has 2 N–H and O–H groups in total. The number of aromatic nitrogens is 2. The molecule has 2 aromatic heterocycles. The van der Waals surface area contributed by atoms with Gasteiger partial charge in [0.1, 0.15) is 11.5 Å². The Balaban J connectivity index is 2.06. The van der Waals surface area contributed by atoms with Gasteiger partial charge in [0.15, 0.2) is 0 Å². The highest BCUT2D eigenvalue weighted by atomic mass is 16.3. The summed E-state index contributed by atoms with van der Waals surface area (Å²) in [4.78, 5) is 0. The molecule has 17 heavy (non-hydrogen) atoms. The topological polar surface area (TPSA) is 53.9 Å². The lowest BCUT2D eigenvalue weighted by atomic mass is 10.1. The second-order valence-corrected chi connectivity index (χ2v) is 4.51. The Morgan fingerprint density at radius 1 is 1.29 bits per heavy atom. The van der Waals surface area contributed by atoms with E-state index in [9.17, 15) is 0 Å². The van der Waals surface area contributed by atoms with Gasteiger partial charge in [0.2, 0.25) is 0 Å². The van der Waals surface area contributed by atoms with Gasteiger partial charge in [-0.15, -0.1) is 0 Å². The molecule has 0 saturated carbocycles. The van der Waals surface area contributed by atoms with E-state index in [0.29, 0.717) is 0 Å². The molecule has 2 aromatic rings. The van der Waals surface area contributed by atoms with E-state index < -0.39 is 0 Å². The van der Waals surface area contributed by atoms with E-state index in [4.69, 9.17) is 4.42 Å². The van der Waals surface area contributed by atoms with Gasteiger partial charge < -0.3 is 9.73 Å². The monoisotopic (exact) mass is 233 g/mol. The number of H-pyrrole nitrogens is 1. The molecule has 0 aliphatic heterocycles. The van der Waals surface area contributed by atoms with Gasteiger partial charge in [0.05, 0.1) is 6.20 Å². The minimum Gasteiger partial charge on any atom is -0.466 e. The zero-order chi connectivity index (χ0) is 12.4. The third kappa shape index (κ3) is 2.58. The Kier molecular flexibility index (Phi) is 3.33. The maximum absolute atomic E-state index is 5.55. The van der Waals surface area contributed by atoms with Gasteiger partial charge in [-0.1, -0.05) is 0 Å². The van der Waals surface area contributed by atoms with Crippen LogP contribution in [0.3, 0.4) is 0 Å². The molecular formula is C13H19N3O. The lowest BCUT2D eigenvalue weighted by Crippen LogP contribution is -2.22. The highest BCUT2D eigenvalue weighted by Crippen LogP contribution is 2.23. The first-order valence-electron chi connectivity index (χ1n) is 5.89. The molecule has 0 fully saturated rings. The van der Waals surface area contributed by atoms with E-state index in [1.807, 2.05) is 26.2 Å². The molecule has 0 radical (unpaired) electrons. The second kappa shape index (κ2) is 4.75. The predicted molar refractivity (Wildman–Crippen MR) is 66.7 cm³/mol. The predicted octanol–water partition coefficient (Wildman–Crippen LogP) is 3.03. The normalized spacial score (nSPS) is 14.8. The molecule has 4 heteroatoms. The van der Waals surface area contributed by atoms with E-state index in [0.717, 1.165) is 17.1 Å². The van der Waals surface area contributed by atoms with Crippen LogP contribution in [-0.4, -0.2) is 10.2 Å². The summed E-state index contributed by atoms with van der Waals surface area (Å²) in [6, 6.07) is 2.62. The molecule has 0 aliphatic carbocycles. The fourth-order valence-corrected chi connectivity index (χ4v) is 2.14. The van der Waals surface area contributed by atoms with Crippen molar-refractivity contribution in [2.45, 2.75) is 39.8 Å². The Hall–Kier alpha value is -1.55. The molecule has 0 saturated heterocycles. The van der Waals surface area contributed by atoms with Crippen molar-refractivity contribution in [2.75, 3.05) is 0 Å². The molecule has 0 bridgehead atoms. The van der Waals surface area contributed by atoms with Crippen LogP contribution in [0.25, 0.3) is 0 Å². The third-order valence-electron chi connectivity index (χ3n) is 3.07. The average molecular weight is 233 g/mol. The number of aryl methyl sites for hydroxylation is 2. The summed E-state index contributed by atoms with van der Waals surface area (Å²) in [6.07, 6.45) is 3.76. The minimum absolute atomic E-state index is 0.261. The van der Waals surface area contributed by atoms with Gasteiger partial charge in [-0.25, -0.2) is 0 Å². The van der Waals surface area contributed by atoms with Crippen molar-refractivity contribution in [3.63, 3.8) is 0 Å². The lowest BCUT2D eigenvalue weighted by molar-refractivity contribution is 0.469. The molecule has 2 rings (SSSR count). The zero-order valence-electron chi connectivity index (χ0n) is 10.7. The van der Waals surface area contributed by atoms with Crippen LogP contribution in [0.2, 0.25) is 0 Å². The number of hydrogen-bond donors (Lipinski definition) is 2. The first kappa shape index (κ1) is 11.9. The summed E-state index contributed by atoms with van der Waals surface area (Å²) in [5.41, 5.74) is 2.38. The number of rotatable bonds is 4. The van der Waals surface area contributed by atoms with Crippen molar-refractivity contribution >= 4 is 0 Å². The van der Waals surface area contributed by atoms with Crippen LogP contribution in [-0.2, 0) is 0 Å². The van der Waals surface area contributed by atoms with E-state index in [2.05, 4.69) is 35.4 Å². The first-order valence-corrected chi connectivity index (χ1v) is 5.89. The number of nitrogens with one attached hydrogen (secondary N) is 2. The van der Waals surface area contributed by atoms with Gasteiger partial charge in [-0.2, -0.15) is 5.10 Å². The standard InChI is InChI=1S/C13H19N3O/c1-8-5-13(11(4)17-8)10(3)16-9(2)12-6-14-15-7-12/h5-7,9-10,16H,1-4H3,(H,14,15). The van der Waals surface area contributed by atoms with E-state index in [-0.39, 0.29) is 12.1 Å². The minimum atomic E-state index is 0.261. The molecule has 0 amide bonds. The van der Waals surface area contributed by atoms with Crippen molar-refractivity contribution in [1.29, 1.82) is 0 Å². The fourth-order valence-electron chi connectivity index (χ4n) is 2.14. The summed E-state index contributed by atoms with van der Waals surface area (Å²) in [6.45, 7) is 8.25.